The summed E-state index contributed by atoms with van der Waals surface area (Å²) in [6.45, 7) is 1.28. The molecule has 6 rings (SSSR count). The predicted molar refractivity (Wildman–Crippen MR) is 140 cm³/mol. The van der Waals surface area contributed by atoms with Gasteiger partial charge in [-0.05, 0) is 78.9 Å². The van der Waals surface area contributed by atoms with Crippen molar-refractivity contribution in [2.24, 2.45) is 0 Å². The molecule has 4 aromatic carbocycles. The number of benzene rings is 4. The molecule has 184 valence electrons. The molecule has 0 unspecified atom stereocenters. The summed E-state index contributed by atoms with van der Waals surface area (Å²) in [6.07, 6.45) is 2.19. The van der Waals surface area contributed by atoms with E-state index in [1.165, 1.54) is 4.90 Å². The van der Waals surface area contributed by atoms with Crippen LogP contribution in [0.5, 0.6) is 5.75 Å². The minimum Gasteiger partial charge on any atom is -0.491 e. The number of amides is 3. The lowest BCUT2D eigenvalue weighted by Crippen LogP contribution is -2.40. The molecule has 1 fully saturated rings. The number of hydrogen-bond donors (Lipinski definition) is 1. The van der Waals surface area contributed by atoms with Crippen LogP contribution < -0.4 is 15.0 Å². The summed E-state index contributed by atoms with van der Waals surface area (Å²) in [6, 6.07) is 24.5. The van der Waals surface area contributed by atoms with Gasteiger partial charge in [-0.3, -0.25) is 14.4 Å². The van der Waals surface area contributed by atoms with E-state index < -0.39 is 0 Å². The average Bonchev–Trinajstić information content (AvgIpc) is 3.45. The monoisotopic (exact) mass is 492 g/mol. The van der Waals surface area contributed by atoms with E-state index in [9.17, 15) is 14.4 Å². The van der Waals surface area contributed by atoms with Gasteiger partial charge in [-0.15, -0.1) is 0 Å². The van der Waals surface area contributed by atoms with Gasteiger partial charge in [0, 0.05) is 34.4 Å². The number of rotatable bonds is 6. The number of nitrogens with one attached hydrogen (secondary N) is 1. The lowest BCUT2D eigenvalue weighted by atomic mass is 9.94. The zero-order chi connectivity index (χ0) is 25.4. The highest BCUT2D eigenvalue weighted by atomic mass is 16.5. The molecule has 7 heteroatoms. The van der Waals surface area contributed by atoms with Crippen LogP contribution in [-0.2, 0) is 4.74 Å². The summed E-state index contributed by atoms with van der Waals surface area (Å²) in [5.41, 5.74) is 2.46. The molecule has 0 saturated carbocycles. The van der Waals surface area contributed by atoms with Gasteiger partial charge in [-0.25, -0.2) is 4.90 Å². The second-order valence-electron chi connectivity index (χ2n) is 9.13. The van der Waals surface area contributed by atoms with Crippen molar-refractivity contribution >= 4 is 39.9 Å². The Hall–Kier alpha value is -4.49. The van der Waals surface area contributed by atoms with E-state index in [4.69, 9.17) is 9.47 Å². The molecule has 1 saturated heterocycles. The lowest BCUT2D eigenvalue weighted by Gasteiger charge is -2.27. The molecule has 0 spiro atoms. The van der Waals surface area contributed by atoms with Crippen molar-refractivity contribution in [3.05, 3.63) is 102 Å². The first-order chi connectivity index (χ1) is 18.1. The Kier molecular flexibility index (Phi) is 5.90. The minimum absolute atomic E-state index is 0.130. The third kappa shape index (κ3) is 4.34. The molecule has 0 aliphatic carbocycles. The van der Waals surface area contributed by atoms with Crippen molar-refractivity contribution in [2.45, 2.75) is 18.9 Å². The summed E-state index contributed by atoms with van der Waals surface area (Å²) in [4.78, 5) is 40.4. The SMILES string of the molecule is O=C(Nc1ccc(N2C(=O)c3cccc4cccc(c34)C2=O)cc1)c1ccc(OC[C@@H]2CCCO2)cc1. The molecule has 37 heavy (non-hydrogen) atoms. The van der Waals surface area contributed by atoms with Crippen LogP contribution in [0.2, 0.25) is 0 Å². The zero-order valence-corrected chi connectivity index (χ0v) is 20.0. The van der Waals surface area contributed by atoms with Crippen LogP contribution in [0.15, 0.2) is 84.9 Å². The van der Waals surface area contributed by atoms with E-state index in [1.54, 1.807) is 60.7 Å². The largest absolute Gasteiger partial charge is 0.491 e. The molecule has 2 heterocycles. The number of hydrogen-bond acceptors (Lipinski definition) is 5. The zero-order valence-electron chi connectivity index (χ0n) is 20.0. The van der Waals surface area contributed by atoms with Crippen LogP contribution in [0, 0.1) is 0 Å². The second-order valence-corrected chi connectivity index (χ2v) is 9.13. The van der Waals surface area contributed by atoms with Crippen molar-refractivity contribution in [1.82, 2.24) is 0 Å². The Morgan fingerprint density at radius 3 is 2.19 bits per heavy atom. The van der Waals surface area contributed by atoms with E-state index in [0.717, 1.165) is 24.8 Å². The van der Waals surface area contributed by atoms with Crippen molar-refractivity contribution < 1.29 is 23.9 Å². The van der Waals surface area contributed by atoms with Crippen molar-refractivity contribution in [3.8, 4) is 5.75 Å². The predicted octanol–water partition coefficient (Wildman–Crippen LogP) is 5.45. The third-order valence-corrected chi connectivity index (χ3v) is 6.73. The highest BCUT2D eigenvalue weighted by Gasteiger charge is 2.33. The fourth-order valence-electron chi connectivity index (χ4n) is 4.83. The molecule has 0 bridgehead atoms. The van der Waals surface area contributed by atoms with Crippen LogP contribution in [0.4, 0.5) is 11.4 Å². The Morgan fingerprint density at radius 2 is 1.57 bits per heavy atom. The Balaban J connectivity index is 1.14. The number of imide groups is 1. The van der Waals surface area contributed by atoms with Gasteiger partial charge in [0.05, 0.1) is 11.8 Å². The number of carbonyl (C=O) groups is 3. The summed E-state index contributed by atoms with van der Waals surface area (Å²) >= 11 is 0. The van der Waals surface area contributed by atoms with Gasteiger partial charge >= 0.3 is 0 Å². The van der Waals surface area contributed by atoms with Gasteiger partial charge in [-0.2, -0.15) is 0 Å². The number of ether oxygens (including phenoxy) is 2. The van der Waals surface area contributed by atoms with Crippen LogP contribution in [0.3, 0.4) is 0 Å². The molecule has 0 radical (unpaired) electrons. The van der Waals surface area contributed by atoms with Gasteiger partial charge in [0.2, 0.25) is 0 Å². The summed E-state index contributed by atoms with van der Waals surface area (Å²) in [5.74, 6) is -0.325. The number of nitrogens with zero attached hydrogens (tertiary/aromatic N) is 1. The molecule has 4 aromatic rings. The summed E-state index contributed by atoms with van der Waals surface area (Å²) in [5, 5.41) is 4.39. The van der Waals surface area contributed by atoms with Gasteiger partial charge in [0.15, 0.2) is 0 Å². The molecular formula is C30H24N2O5. The standard InChI is InChI=1S/C30H24N2O5/c33-28(20-9-15-23(16-10-20)37-18-24-6-3-17-36-24)31-21-11-13-22(14-12-21)32-29(34)25-7-1-4-19-5-2-8-26(27(19)25)30(32)35/h1-2,4-5,7-16,24H,3,6,17-18H2,(H,31,33)/t24-/m0/s1. The third-order valence-electron chi connectivity index (χ3n) is 6.73. The molecule has 1 N–H and O–H groups in total. The molecule has 2 aliphatic rings. The normalized spacial score (nSPS) is 16.8. The smallest absolute Gasteiger partial charge is 0.265 e. The van der Waals surface area contributed by atoms with E-state index in [1.807, 2.05) is 24.3 Å². The Bertz CT molecular complexity index is 1460. The average molecular weight is 493 g/mol. The lowest BCUT2D eigenvalue weighted by molar-refractivity contribution is 0.0679. The van der Waals surface area contributed by atoms with Crippen molar-refractivity contribution in [3.63, 3.8) is 0 Å². The Labute approximate surface area is 213 Å². The fraction of sp³-hybridized carbons (Fsp3) is 0.167. The maximum atomic E-state index is 13.2. The minimum atomic E-state index is -0.368. The van der Waals surface area contributed by atoms with Crippen molar-refractivity contribution in [1.29, 1.82) is 0 Å². The summed E-state index contributed by atoms with van der Waals surface area (Å²) in [7, 11) is 0. The highest BCUT2D eigenvalue weighted by Crippen LogP contribution is 2.33. The van der Waals surface area contributed by atoms with Gasteiger partial charge in [0.25, 0.3) is 17.7 Å². The molecular weight excluding hydrogens is 468 g/mol. The molecule has 0 aromatic heterocycles. The highest BCUT2D eigenvalue weighted by molar-refractivity contribution is 6.35. The quantitative estimate of drug-likeness (QED) is 0.362. The van der Waals surface area contributed by atoms with E-state index in [2.05, 4.69) is 5.32 Å². The van der Waals surface area contributed by atoms with Gasteiger partial charge < -0.3 is 14.8 Å². The number of carbonyl (C=O) groups excluding carboxylic acids is 3. The van der Waals surface area contributed by atoms with Crippen LogP contribution in [0.25, 0.3) is 10.8 Å². The molecule has 3 amide bonds. The second kappa shape index (κ2) is 9.52. The maximum Gasteiger partial charge on any atom is 0.265 e. The van der Waals surface area contributed by atoms with Crippen LogP contribution >= 0.6 is 0 Å². The summed E-state index contributed by atoms with van der Waals surface area (Å²) < 4.78 is 11.3. The topological polar surface area (TPSA) is 84.9 Å². The van der Waals surface area contributed by atoms with Gasteiger partial charge in [-0.1, -0.05) is 24.3 Å². The van der Waals surface area contributed by atoms with E-state index in [-0.39, 0.29) is 23.8 Å². The first kappa shape index (κ1) is 22.9. The van der Waals surface area contributed by atoms with Crippen molar-refractivity contribution in [2.75, 3.05) is 23.4 Å². The maximum absolute atomic E-state index is 13.2. The van der Waals surface area contributed by atoms with Crippen LogP contribution in [0.1, 0.15) is 43.9 Å². The number of anilines is 2. The molecule has 1 atom stereocenters. The Morgan fingerprint density at radius 1 is 0.892 bits per heavy atom. The molecule has 7 nitrogen and oxygen atoms in total. The van der Waals surface area contributed by atoms with Crippen LogP contribution in [-0.4, -0.2) is 37.0 Å². The van der Waals surface area contributed by atoms with E-state index in [0.29, 0.717) is 45.8 Å². The van der Waals surface area contributed by atoms with Gasteiger partial charge in [0.1, 0.15) is 12.4 Å². The van der Waals surface area contributed by atoms with E-state index >= 15 is 0 Å². The fourth-order valence-corrected chi connectivity index (χ4v) is 4.83. The molecule has 2 aliphatic heterocycles. The first-order valence-corrected chi connectivity index (χ1v) is 12.2. The first-order valence-electron chi connectivity index (χ1n) is 12.2.